The number of amides is 1. The van der Waals surface area contributed by atoms with Crippen molar-refractivity contribution in [3.05, 3.63) is 52.3 Å². The molecule has 6 nitrogen and oxygen atoms in total. The summed E-state index contributed by atoms with van der Waals surface area (Å²) in [5, 5.41) is 7.77. The van der Waals surface area contributed by atoms with Crippen molar-refractivity contribution in [2.45, 2.75) is 11.8 Å². The van der Waals surface area contributed by atoms with E-state index in [9.17, 15) is 13.2 Å². The molecule has 1 aromatic heterocycles. The third kappa shape index (κ3) is 3.66. The van der Waals surface area contributed by atoms with E-state index in [2.05, 4.69) is 26.2 Å². The minimum Gasteiger partial charge on any atom is -0.322 e. The fourth-order valence-corrected chi connectivity index (χ4v) is 2.80. The monoisotopic (exact) mass is 369 g/mol. The smallest absolute Gasteiger partial charge is 0.257 e. The van der Waals surface area contributed by atoms with Crippen molar-refractivity contribution in [2.24, 2.45) is 5.14 Å². The first-order valence-electron chi connectivity index (χ1n) is 5.84. The Morgan fingerprint density at radius 3 is 2.57 bits per heavy atom. The average molecular weight is 370 g/mol. The molecule has 0 aliphatic carbocycles. The highest BCUT2D eigenvalue weighted by atomic mass is 79.9. The van der Waals surface area contributed by atoms with E-state index >= 15 is 0 Å². The van der Waals surface area contributed by atoms with Crippen LogP contribution in [0.2, 0.25) is 0 Å². The summed E-state index contributed by atoms with van der Waals surface area (Å²) >= 11 is 3.18. The molecule has 0 aliphatic rings. The number of sulfonamides is 1. The summed E-state index contributed by atoms with van der Waals surface area (Å²) in [6.07, 6.45) is 1.41. The molecule has 0 fully saturated rings. The summed E-state index contributed by atoms with van der Waals surface area (Å²) in [5.74, 6) is -0.385. The van der Waals surface area contributed by atoms with Crippen LogP contribution in [-0.4, -0.2) is 19.3 Å². The van der Waals surface area contributed by atoms with E-state index in [4.69, 9.17) is 5.14 Å². The fraction of sp³-hybridized carbons (Fsp3) is 0.0769. The number of carbonyl (C=O) groups is 1. The second-order valence-electron chi connectivity index (χ2n) is 4.30. The van der Waals surface area contributed by atoms with Gasteiger partial charge in [0.1, 0.15) is 4.60 Å². The van der Waals surface area contributed by atoms with Gasteiger partial charge < -0.3 is 5.32 Å². The van der Waals surface area contributed by atoms with Gasteiger partial charge in [-0.2, -0.15) is 0 Å². The summed E-state index contributed by atoms with van der Waals surface area (Å²) in [4.78, 5) is 16.0. The second kappa shape index (κ2) is 5.92. The van der Waals surface area contributed by atoms with Crippen LogP contribution < -0.4 is 10.5 Å². The highest BCUT2D eigenvalue weighted by Gasteiger charge is 2.15. The molecule has 1 amide bonds. The van der Waals surface area contributed by atoms with Crippen molar-refractivity contribution in [1.82, 2.24) is 4.98 Å². The number of primary sulfonamides is 1. The molecule has 1 aromatic carbocycles. The molecule has 1 heterocycles. The normalized spacial score (nSPS) is 11.2. The van der Waals surface area contributed by atoms with E-state index < -0.39 is 10.0 Å². The van der Waals surface area contributed by atoms with Crippen molar-refractivity contribution < 1.29 is 13.2 Å². The maximum absolute atomic E-state index is 12.1. The molecule has 0 unspecified atom stereocenters. The zero-order chi connectivity index (χ0) is 15.6. The number of benzene rings is 1. The van der Waals surface area contributed by atoms with Crippen LogP contribution in [0.3, 0.4) is 0 Å². The van der Waals surface area contributed by atoms with Crippen LogP contribution in [0.25, 0.3) is 0 Å². The number of aromatic nitrogens is 1. The van der Waals surface area contributed by atoms with Gasteiger partial charge >= 0.3 is 0 Å². The predicted octanol–water partition coefficient (Wildman–Crippen LogP) is 2.05. The van der Waals surface area contributed by atoms with Crippen molar-refractivity contribution in [3.63, 3.8) is 0 Å². The van der Waals surface area contributed by atoms with Crippen LogP contribution >= 0.6 is 15.9 Å². The third-order valence-electron chi connectivity index (χ3n) is 2.83. The SMILES string of the molecule is Cc1c(NC(=O)c2ccc(Br)nc2)cccc1S(N)(=O)=O. The molecule has 2 rings (SSSR count). The standard InChI is InChI=1S/C13H12BrN3O3S/c1-8-10(3-2-4-11(8)21(15,19)20)17-13(18)9-5-6-12(14)16-7-9/h2-7H,1H3,(H,17,18)(H2,15,19,20). The zero-order valence-corrected chi connectivity index (χ0v) is 13.4. The molecule has 110 valence electrons. The largest absolute Gasteiger partial charge is 0.322 e. The fourth-order valence-electron chi connectivity index (χ4n) is 1.76. The number of rotatable bonds is 3. The highest BCUT2D eigenvalue weighted by molar-refractivity contribution is 9.10. The Bertz CT molecular complexity index is 789. The lowest BCUT2D eigenvalue weighted by Crippen LogP contribution is -2.17. The van der Waals surface area contributed by atoms with Crippen LogP contribution in [0.5, 0.6) is 0 Å². The van der Waals surface area contributed by atoms with Gasteiger partial charge in [-0.25, -0.2) is 18.5 Å². The van der Waals surface area contributed by atoms with Crippen molar-refractivity contribution >= 4 is 37.5 Å². The lowest BCUT2D eigenvalue weighted by atomic mass is 10.2. The Kier molecular flexibility index (Phi) is 4.40. The van der Waals surface area contributed by atoms with Gasteiger partial charge in [-0.05, 0) is 52.7 Å². The minimum absolute atomic E-state index is 0.0192. The maximum atomic E-state index is 12.1. The summed E-state index contributed by atoms with van der Waals surface area (Å²) in [6.45, 7) is 1.58. The molecule has 0 saturated heterocycles. The van der Waals surface area contributed by atoms with E-state index in [1.165, 1.54) is 18.3 Å². The number of nitrogens with one attached hydrogen (secondary N) is 1. The number of nitrogens with zero attached hydrogens (tertiary/aromatic N) is 1. The molecule has 0 radical (unpaired) electrons. The quantitative estimate of drug-likeness (QED) is 0.808. The minimum atomic E-state index is -3.83. The van der Waals surface area contributed by atoms with E-state index in [0.29, 0.717) is 21.4 Å². The van der Waals surface area contributed by atoms with E-state index in [0.717, 1.165) is 0 Å². The molecule has 8 heteroatoms. The summed E-state index contributed by atoms with van der Waals surface area (Å²) in [5.41, 5.74) is 1.13. The lowest BCUT2D eigenvalue weighted by molar-refractivity contribution is 0.102. The van der Waals surface area contributed by atoms with Crippen LogP contribution in [0.15, 0.2) is 46.0 Å². The third-order valence-corrected chi connectivity index (χ3v) is 4.35. The van der Waals surface area contributed by atoms with Gasteiger partial charge in [0, 0.05) is 11.9 Å². The lowest BCUT2D eigenvalue weighted by Gasteiger charge is -2.11. The number of pyridine rings is 1. The molecule has 3 N–H and O–H groups in total. The molecule has 21 heavy (non-hydrogen) atoms. The summed E-state index contributed by atoms with van der Waals surface area (Å²) in [7, 11) is -3.83. The second-order valence-corrected chi connectivity index (χ2v) is 6.64. The van der Waals surface area contributed by atoms with Crippen molar-refractivity contribution in [3.8, 4) is 0 Å². The number of anilines is 1. The number of hydrogen-bond donors (Lipinski definition) is 2. The summed E-state index contributed by atoms with van der Waals surface area (Å²) < 4.78 is 23.5. The number of carbonyl (C=O) groups excluding carboxylic acids is 1. The van der Waals surface area contributed by atoms with Crippen LogP contribution in [-0.2, 0) is 10.0 Å². The average Bonchev–Trinajstić information content (AvgIpc) is 2.40. The van der Waals surface area contributed by atoms with Gasteiger partial charge in [-0.1, -0.05) is 6.07 Å². The van der Waals surface area contributed by atoms with Crippen LogP contribution in [0, 0.1) is 6.92 Å². The molecule has 0 atom stereocenters. The predicted molar refractivity (Wildman–Crippen MR) is 82.4 cm³/mol. The van der Waals surface area contributed by atoms with Gasteiger partial charge in [-0.15, -0.1) is 0 Å². The topological polar surface area (TPSA) is 102 Å². The molecular weight excluding hydrogens is 358 g/mol. The van der Waals surface area contributed by atoms with Crippen LogP contribution in [0.4, 0.5) is 5.69 Å². The molecule has 2 aromatic rings. The Morgan fingerprint density at radius 2 is 2.00 bits per heavy atom. The number of hydrogen-bond acceptors (Lipinski definition) is 4. The molecule has 0 bridgehead atoms. The van der Waals surface area contributed by atoms with Gasteiger partial charge in [-0.3, -0.25) is 4.79 Å². The van der Waals surface area contributed by atoms with Gasteiger partial charge in [0.15, 0.2) is 0 Å². The summed E-state index contributed by atoms with van der Waals surface area (Å²) in [6, 6.07) is 7.76. The van der Waals surface area contributed by atoms with Crippen molar-refractivity contribution in [2.75, 3.05) is 5.32 Å². The number of nitrogens with two attached hydrogens (primary N) is 1. The first-order valence-corrected chi connectivity index (χ1v) is 8.18. The Hall–Kier alpha value is -1.77. The molecule has 0 aliphatic heterocycles. The number of halogens is 1. The van der Waals surface area contributed by atoms with E-state index in [-0.39, 0.29) is 10.8 Å². The Balaban J connectivity index is 2.32. The van der Waals surface area contributed by atoms with Gasteiger partial charge in [0.25, 0.3) is 5.91 Å². The zero-order valence-electron chi connectivity index (χ0n) is 11.0. The Morgan fingerprint density at radius 1 is 1.29 bits per heavy atom. The Labute approximate surface area is 130 Å². The highest BCUT2D eigenvalue weighted by Crippen LogP contribution is 2.22. The maximum Gasteiger partial charge on any atom is 0.257 e. The van der Waals surface area contributed by atoms with Crippen molar-refractivity contribution in [1.29, 1.82) is 0 Å². The first kappa shape index (κ1) is 15.6. The van der Waals surface area contributed by atoms with Gasteiger partial charge in [0.2, 0.25) is 10.0 Å². The van der Waals surface area contributed by atoms with Gasteiger partial charge in [0.05, 0.1) is 10.5 Å². The first-order chi connectivity index (χ1) is 9.79. The van der Waals surface area contributed by atoms with E-state index in [1.807, 2.05) is 0 Å². The van der Waals surface area contributed by atoms with Crippen LogP contribution in [0.1, 0.15) is 15.9 Å². The molecule has 0 spiro atoms. The van der Waals surface area contributed by atoms with E-state index in [1.54, 1.807) is 25.1 Å². The molecule has 0 saturated carbocycles. The molecular formula is C13H12BrN3O3S.